The Morgan fingerprint density at radius 2 is 2.21 bits per heavy atom. The average Bonchev–Trinajstić information content (AvgIpc) is 2.71. The molecule has 0 fully saturated rings. The Kier molecular flexibility index (Phi) is 3.30. The minimum Gasteiger partial charge on any atom is -0.478 e. The van der Waals surface area contributed by atoms with Crippen LogP contribution >= 0.6 is 15.9 Å². The van der Waals surface area contributed by atoms with Crippen LogP contribution in [0.4, 0.5) is 5.95 Å². The van der Waals surface area contributed by atoms with Gasteiger partial charge in [0.1, 0.15) is 0 Å². The number of benzene rings is 1. The third-order valence-electron chi connectivity index (χ3n) is 2.40. The van der Waals surface area contributed by atoms with E-state index in [2.05, 4.69) is 26.0 Å². The number of carbonyl (C=O) groups is 1. The number of hydrogen-bond donors (Lipinski definition) is 1. The summed E-state index contributed by atoms with van der Waals surface area (Å²) in [6.07, 6.45) is 0. The molecule has 0 atom stereocenters. The number of halogens is 1. The number of carboxylic acid groups (broad SMARTS) is 1. The number of hydrogen-bond acceptors (Lipinski definition) is 5. The van der Waals surface area contributed by atoms with Crippen LogP contribution < -0.4 is 0 Å². The molecule has 2 aromatic rings. The van der Waals surface area contributed by atoms with Crippen molar-refractivity contribution in [1.29, 1.82) is 0 Å². The lowest BCUT2D eigenvalue weighted by atomic mass is 10.1. The summed E-state index contributed by atoms with van der Waals surface area (Å²) in [5.41, 5.74) is 1.17. The number of rotatable bonds is 3. The van der Waals surface area contributed by atoms with Crippen LogP contribution in [0.2, 0.25) is 0 Å². The summed E-state index contributed by atoms with van der Waals surface area (Å²) in [5.74, 6) is -1.57. The molecule has 0 unspecified atom stereocenters. The van der Waals surface area contributed by atoms with E-state index in [0.717, 1.165) is 0 Å². The minimum absolute atomic E-state index is 0.162. The smallest absolute Gasteiger partial charge is 0.478 e. The normalized spacial score (nSPS) is 10.4. The second-order valence-corrected chi connectivity index (χ2v) is 4.36. The van der Waals surface area contributed by atoms with Gasteiger partial charge in [0.2, 0.25) is 0 Å². The first-order valence-corrected chi connectivity index (χ1v) is 5.80. The van der Waals surface area contributed by atoms with Gasteiger partial charge in [-0.2, -0.15) is 0 Å². The summed E-state index contributed by atoms with van der Waals surface area (Å²) >= 11 is 3.06. The zero-order valence-electron chi connectivity index (χ0n) is 9.57. The zero-order valence-corrected chi connectivity index (χ0v) is 11.2. The molecule has 0 aliphatic heterocycles. The Labute approximate surface area is 115 Å². The molecule has 0 aliphatic rings. The summed E-state index contributed by atoms with van der Waals surface area (Å²) in [5, 5.41) is 23.2. The van der Waals surface area contributed by atoms with E-state index in [0.29, 0.717) is 11.3 Å². The van der Waals surface area contributed by atoms with E-state index in [1.165, 1.54) is 16.8 Å². The number of carboxylic acids is 1. The number of aromatic nitrogens is 3. The van der Waals surface area contributed by atoms with E-state index in [9.17, 15) is 14.9 Å². The van der Waals surface area contributed by atoms with Gasteiger partial charge in [0.15, 0.2) is 0 Å². The van der Waals surface area contributed by atoms with Crippen molar-refractivity contribution in [2.45, 2.75) is 6.92 Å². The fourth-order valence-electron chi connectivity index (χ4n) is 1.54. The molecule has 0 radical (unpaired) electrons. The fraction of sp³-hybridized carbons (Fsp3) is 0.100. The second-order valence-electron chi connectivity index (χ2n) is 3.65. The molecule has 0 spiro atoms. The zero-order chi connectivity index (χ0) is 14.2. The Hall–Kier alpha value is -2.29. The summed E-state index contributed by atoms with van der Waals surface area (Å²) in [6.45, 7) is 1.63. The molecule has 1 N–H and O–H groups in total. The predicted octanol–water partition coefficient (Wildman–Crippen LogP) is 1.94. The van der Waals surface area contributed by atoms with Crippen LogP contribution in [0.15, 0.2) is 22.9 Å². The fourth-order valence-corrected chi connectivity index (χ4v) is 1.99. The molecule has 1 heterocycles. The van der Waals surface area contributed by atoms with Gasteiger partial charge in [-0.3, -0.25) is 0 Å². The van der Waals surface area contributed by atoms with Crippen LogP contribution in [0, 0.1) is 17.0 Å². The van der Waals surface area contributed by atoms with E-state index in [1.54, 1.807) is 13.0 Å². The van der Waals surface area contributed by atoms with Crippen LogP contribution in [-0.4, -0.2) is 30.8 Å². The molecule has 0 saturated carbocycles. The third-order valence-corrected chi connectivity index (χ3v) is 2.92. The van der Waals surface area contributed by atoms with Crippen LogP contribution in [0.1, 0.15) is 15.9 Å². The Bertz CT molecular complexity index is 682. The molecule has 0 bridgehead atoms. The molecule has 0 amide bonds. The van der Waals surface area contributed by atoms with Crippen LogP contribution in [0.3, 0.4) is 0 Å². The molecule has 0 aliphatic carbocycles. The summed E-state index contributed by atoms with van der Waals surface area (Å²) < 4.78 is 1.39. The second kappa shape index (κ2) is 4.76. The highest BCUT2D eigenvalue weighted by Gasteiger charge is 2.21. The first kappa shape index (κ1) is 13.1. The van der Waals surface area contributed by atoms with Gasteiger partial charge in [0.05, 0.1) is 11.3 Å². The summed E-state index contributed by atoms with van der Waals surface area (Å²) in [7, 11) is 0. The van der Waals surface area contributed by atoms with E-state index in [1.807, 2.05) is 0 Å². The van der Waals surface area contributed by atoms with Crippen molar-refractivity contribution in [3.8, 4) is 5.69 Å². The third kappa shape index (κ3) is 2.45. The average molecular weight is 327 g/mol. The number of nitro groups is 1. The molecule has 1 aromatic heterocycles. The van der Waals surface area contributed by atoms with Crippen molar-refractivity contribution >= 4 is 27.8 Å². The first-order valence-electron chi connectivity index (χ1n) is 5.01. The number of nitrogens with zero attached hydrogens (tertiary/aromatic N) is 4. The van der Waals surface area contributed by atoms with Crippen LogP contribution in [0.5, 0.6) is 0 Å². The van der Waals surface area contributed by atoms with Crippen LogP contribution in [0.25, 0.3) is 5.69 Å². The Morgan fingerprint density at radius 1 is 1.53 bits per heavy atom. The van der Waals surface area contributed by atoms with E-state index in [4.69, 9.17) is 5.11 Å². The van der Waals surface area contributed by atoms with Crippen LogP contribution in [-0.2, 0) is 0 Å². The van der Waals surface area contributed by atoms with Crippen molar-refractivity contribution in [2.24, 2.45) is 0 Å². The first-order chi connectivity index (χ1) is 8.90. The summed E-state index contributed by atoms with van der Waals surface area (Å²) in [6, 6.07) is 4.47. The minimum atomic E-state index is -1.03. The van der Waals surface area contributed by atoms with Crippen molar-refractivity contribution < 1.29 is 14.8 Å². The Balaban J connectivity index is 2.51. The van der Waals surface area contributed by atoms with Gasteiger partial charge in [-0.05, 0) is 40.6 Å². The summed E-state index contributed by atoms with van der Waals surface area (Å²) in [4.78, 5) is 24.4. The lowest BCUT2D eigenvalue weighted by Crippen LogP contribution is -2.03. The highest BCUT2D eigenvalue weighted by Crippen LogP contribution is 2.20. The monoisotopic (exact) mass is 326 g/mol. The maximum Gasteiger partial charge on any atom is 0.492 e. The van der Waals surface area contributed by atoms with Crippen molar-refractivity contribution in [2.75, 3.05) is 0 Å². The molecular weight excluding hydrogens is 320 g/mol. The highest BCUT2D eigenvalue weighted by atomic mass is 79.9. The lowest BCUT2D eigenvalue weighted by Gasteiger charge is -2.03. The van der Waals surface area contributed by atoms with E-state index < -0.39 is 16.8 Å². The standard InChI is InChI=1S/C10H7BrN4O4/c1-5-4-6(2-3-7(5)8(16)17)14-9(11)12-10(13-14)15(18)19/h2-4H,1H3,(H,16,17). The van der Waals surface area contributed by atoms with Gasteiger partial charge in [-0.1, -0.05) is 0 Å². The molecule has 8 nitrogen and oxygen atoms in total. The largest absolute Gasteiger partial charge is 0.492 e. The number of aryl methyl sites for hydroxylation is 1. The Morgan fingerprint density at radius 3 is 2.68 bits per heavy atom. The molecule has 0 saturated heterocycles. The molecule has 98 valence electrons. The van der Waals surface area contributed by atoms with Crippen molar-refractivity contribution in [1.82, 2.24) is 14.8 Å². The van der Waals surface area contributed by atoms with Gasteiger partial charge in [-0.25, -0.2) is 4.79 Å². The predicted molar refractivity (Wildman–Crippen MR) is 67.4 cm³/mol. The van der Waals surface area contributed by atoms with Crippen molar-refractivity contribution in [3.05, 3.63) is 44.2 Å². The molecule has 19 heavy (non-hydrogen) atoms. The van der Waals surface area contributed by atoms with Gasteiger partial charge in [-0.15, -0.1) is 4.68 Å². The van der Waals surface area contributed by atoms with Gasteiger partial charge >= 0.3 is 11.9 Å². The topological polar surface area (TPSA) is 111 Å². The van der Waals surface area contributed by atoms with E-state index in [-0.39, 0.29) is 10.3 Å². The maximum atomic E-state index is 10.9. The van der Waals surface area contributed by atoms with Gasteiger partial charge in [0, 0.05) is 21.0 Å². The maximum absolute atomic E-state index is 10.9. The van der Waals surface area contributed by atoms with Gasteiger partial charge < -0.3 is 15.2 Å². The molecule has 2 rings (SSSR count). The quantitative estimate of drug-likeness (QED) is 0.681. The van der Waals surface area contributed by atoms with Crippen molar-refractivity contribution in [3.63, 3.8) is 0 Å². The highest BCUT2D eigenvalue weighted by molar-refractivity contribution is 9.10. The lowest BCUT2D eigenvalue weighted by molar-refractivity contribution is -0.394. The molecular formula is C10H7BrN4O4. The number of aromatic carboxylic acids is 1. The SMILES string of the molecule is Cc1cc(-n2nc([N+](=O)[O-])nc2Br)ccc1C(=O)O. The molecule has 9 heteroatoms. The van der Waals surface area contributed by atoms with E-state index >= 15 is 0 Å². The van der Waals surface area contributed by atoms with Gasteiger partial charge in [0.25, 0.3) is 4.73 Å². The molecule has 1 aromatic carbocycles.